The SMILES string of the molecule is CCC(CC)N(CCOC)C(=O)c1ccoc1C. The summed E-state index contributed by atoms with van der Waals surface area (Å²) >= 11 is 0. The fraction of sp³-hybridized carbons (Fsp3) is 0.643. The van der Waals surface area contributed by atoms with Crippen molar-refractivity contribution in [2.45, 2.75) is 39.7 Å². The summed E-state index contributed by atoms with van der Waals surface area (Å²) in [6.07, 6.45) is 3.45. The molecule has 0 bridgehead atoms. The van der Waals surface area contributed by atoms with E-state index in [0.717, 1.165) is 12.8 Å². The Kier molecular flexibility index (Phi) is 5.92. The van der Waals surface area contributed by atoms with Gasteiger partial charge in [0.25, 0.3) is 5.91 Å². The Morgan fingerprint density at radius 3 is 2.56 bits per heavy atom. The maximum atomic E-state index is 12.5. The summed E-state index contributed by atoms with van der Waals surface area (Å²) in [6, 6.07) is 1.99. The quantitative estimate of drug-likeness (QED) is 0.750. The number of furan rings is 1. The van der Waals surface area contributed by atoms with E-state index >= 15 is 0 Å². The van der Waals surface area contributed by atoms with Crippen LogP contribution in [0.15, 0.2) is 16.7 Å². The van der Waals surface area contributed by atoms with Crippen LogP contribution in [0.5, 0.6) is 0 Å². The lowest BCUT2D eigenvalue weighted by Crippen LogP contribution is -2.41. The van der Waals surface area contributed by atoms with Crippen molar-refractivity contribution >= 4 is 5.91 Å². The molecule has 0 N–H and O–H groups in total. The smallest absolute Gasteiger partial charge is 0.257 e. The van der Waals surface area contributed by atoms with Gasteiger partial charge in [-0.15, -0.1) is 0 Å². The molecule has 0 atom stereocenters. The van der Waals surface area contributed by atoms with Crippen molar-refractivity contribution in [2.75, 3.05) is 20.3 Å². The van der Waals surface area contributed by atoms with E-state index in [4.69, 9.17) is 9.15 Å². The Labute approximate surface area is 109 Å². The van der Waals surface area contributed by atoms with Crippen molar-refractivity contribution in [1.29, 1.82) is 0 Å². The number of hydrogen-bond acceptors (Lipinski definition) is 3. The van der Waals surface area contributed by atoms with Gasteiger partial charge in [0.05, 0.1) is 18.4 Å². The standard InChI is InChI=1S/C14H23NO3/c1-5-12(6-2)15(8-10-17-4)14(16)13-7-9-18-11(13)3/h7,9,12H,5-6,8,10H2,1-4H3. The van der Waals surface area contributed by atoms with Crippen LogP contribution >= 0.6 is 0 Å². The summed E-state index contributed by atoms with van der Waals surface area (Å²) in [6.45, 7) is 7.19. The topological polar surface area (TPSA) is 42.7 Å². The first-order valence-corrected chi connectivity index (χ1v) is 6.49. The highest BCUT2D eigenvalue weighted by Gasteiger charge is 2.24. The molecule has 1 aromatic rings. The Bertz CT molecular complexity index is 369. The van der Waals surface area contributed by atoms with Gasteiger partial charge < -0.3 is 14.1 Å². The number of ether oxygens (including phenoxy) is 1. The summed E-state index contributed by atoms with van der Waals surface area (Å²) in [7, 11) is 1.65. The Hall–Kier alpha value is -1.29. The zero-order chi connectivity index (χ0) is 13.5. The van der Waals surface area contributed by atoms with Gasteiger partial charge >= 0.3 is 0 Å². The highest BCUT2D eigenvalue weighted by atomic mass is 16.5. The molecule has 1 aromatic heterocycles. The van der Waals surface area contributed by atoms with Crippen LogP contribution in [0.3, 0.4) is 0 Å². The number of carbonyl (C=O) groups is 1. The van der Waals surface area contributed by atoms with Crippen molar-refractivity contribution in [3.8, 4) is 0 Å². The van der Waals surface area contributed by atoms with Gasteiger partial charge in [-0.3, -0.25) is 4.79 Å². The third kappa shape index (κ3) is 3.35. The maximum absolute atomic E-state index is 12.5. The number of methoxy groups -OCH3 is 1. The second-order valence-corrected chi connectivity index (χ2v) is 4.35. The van der Waals surface area contributed by atoms with Gasteiger partial charge in [-0.2, -0.15) is 0 Å². The van der Waals surface area contributed by atoms with Crippen LogP contribution in [0.2, 0.25) is 0 Å². The predicted molar refractivity (Wildman–Crippen MR) is 70.7 cm³/mol. The number of amides is 1. The second kappa shape index (κ2) is 7.21. The largest absolute Gasteiger partial charge is 0.469 e. The van der Waals surface area contributed by atoms with Crippen LogP contribution < -0.4 is 0 Å². The van der Waals surface area contributed by atoms with Crippen LogP contribution in [-0.4, -0.2) is 37.1 Å². The van der Waals surface area contributed by atoms with E-state index in [1.807, 2.05) is 11.8 Å². The number of hydrogen-bond donors (Lipinski definition) is 0. The molecule has 0 radical (unpaired) electrons. The maximum Gasteiger partial charge on any atom is 0.257 e. The third-order valence-electron chi connectivity index (χ3n) is 3.27. The van der Waals surface area contributed by atoms with Crippen molar-refractivity contribution in [3.63, 3.8) is 0 Å². The van der Waals surface area contributed by atoms with E-state index in [0.29, 0.717) is 24.5 Å². The Morgan fingerprint density at radius 1 is 1.44 bits per heavy atom. The van der Waals surface area contributed by atoms with Crippen LogP contribution in [0.4, 0.5) is 0 Å². The summed E-state index contributed by atoms with van der Waals surface area (Å²) in [5.74, 6) is 0.709. The number of carbonyl (C=O) groups excluding carboxylic acids is 1. The van der Waals surface area contributed by atoms with Gasteiger partial charge in [0.1, 0.15) is 5.76 Å². The molecule has 1 heterocycles. The molecule has 0 aliphatic heterocycles. The average molecular weight is 253 g/mol. The van der Waals surface area contributed by atoms with Gasteiger partial charge in [-0.1, -0.05) is 13.8 Å². The fourth-order valence-electron chi connectivity index (χ4n) is 2.13. The lowest BCUT2D eigenvalue weighted by molar-refractivity contribution is 0.0588. The molecular weight excluding hydrogens is 230 g/mol. The number of aryl methyl sites for hydroxylation is 1. The molecule has 102 valence electrons. The van der Waals surface area contributed by atoms with E-state index < -0.39 is 0 Å². The van der Waals surface area contributed by atoms with Gasteiger partial charge in [-0.05, 0) is 25.8 Å². The highest BCUT2D eigenvalue weighted by Crippen LogP contribution is 2.17. The molecule has 0 aliphatic rings. The van der Waals surface area contributed by atoms with E-state index in [1.165, 1.54) is 0 Å². The van der Waals surface area contributed by atoms with E-state index in [1.54, 1.807) is 19.4 Å². The first-order chi connectivity index (χ1) is 8.65. The molecule has 0 fully saturated rings. The van der Waals surface area contributed by atoms with Crippen molar-refractivity contribution in [2.24, 2.45) is 0 Å². The molecule has 0 spiro atoms. The minimum Gasteiger partial charge on any atom is -0.469 e. The number of rotatable bonds is 7. The molecule has 0 aliphatic carbocycles. The molecule has 0 saturated heterocycles. The first-order valence-electron chi connectivity index (χ1n) is 6.49. The van der Waals surface area contributed by atoms with Crippen molar-refractivity contribution < 1.29 is 13.9 Å². The zero-order valence-corrected chi connectivity index (χ0v) is 11.7. The summed E-state index contributed by atoms with van der Waals surface area (Å²) < 4.78 is 10.3. The lowest BCUT2D eigenvalue weighted by atomic mass is 10.1. The van der Waals surface area contributed by atoms with Gasteiger partial charge in [0.2, 0.25) is 0 Å². The van der Waals surface area contributed by atoms with E-state index in [9.17, 15) is 4.79 Å². The average Bonchev–Trinajstić information content (AvgIpc) is 2.80. The number of nitrogens with zero attached hydrogens (tertiary/aromatic N) is 1. The molecule has 0 unspecified atom stereocenters. The normalized spacial score (nSPS) is 10.9. The van der Waals surface area contributed by atoms with Crippen LogP contribution in [0.1, 0.15) is 42.8 Å². The summed E-state index contributed by atoms with van der Waals surface area (Å²) in [5, 5.41) is 0. The second-order valence-electron chi connectivity index (χ2n) is 4.35. The Morgan fingerprint density at radius 2 is 2.11 bits per heavy atom. The van der Waals surface area contributed by atoms with Crippen LogP contribution in [-0.2, 0) is 4.74 Å². The molecule has 1 amide bonds. The minimum absolute atomic E-state index is 0.0343. The summed E-state index contributed by atoms with van der Waals surface area (Å²) in [4.78, 5) is 14.4. The molecular formula is C14H23NO3. The van der Waals surface area contributed by atoms with Gasteiger partial charge in [0, 0.05) is 19.7 Å². The van der Waals surface area contributed by atoms with Crippen molar-refractivity contribution in [1.82, 2.24) is 4.90 Å². The highest BCUT2D eigenvalue weighted by molar-refractivity contribution is 5.95. The van der Waals surface area contributed by atoms with Gasteiger partial charge in [0.15, 0.2) is 0 Å². The van der Waals surface area contributed by atoms with Crippen LogP contribution in [0.25, 0.3) is 0 Å². The molecule has 18 heavy (non-hydrogen) atoms. The first kappa shape index (κ1) is 14.8. The lowest BCUT2D eigenvalue weighted by Gasteiger charge is -2.30. The third-order valence-corrected chi connectivity index (χ3v) is 3.27. The summed E-state index contributed by atoms with van der Waals surface area (Å²) in [5.41, 5.74) is 0.651. The minimum atomic E-state index is 0.0343. The molecule has 0 saturated carbocycles. The predicted octanol–water partition coefficient (Wildman–Crippen LogP) is 2.87. The van der Waals surface area contributed by atoms with E-state index in [-0.39, 0.29) is 11.9 Å². The Balaban J connectivity index is 2.88. The molecule has 1 rings (SSSR count). The molecule has 4 heteroatoms. The van der Waals surface area contributed by atoms with Gasteiger partial charge in [-0.25, -0.2) is 0 Å². The van der Waals surface area contributed by atoms with Crippen LogP contribution in [0, 0.1) is 6.92 Å². The molecule has 0 aromatic carbocycles. The molecule has 4 nitrogen and oxygen atoms in total. The fourth-order valence-corrected chi connectivity index (χ4v) is 2.13. The monoisotopic (exact) mass is 253 g/mol. The zero-order valence-electron chi connectivity index (χ0n) is 11.7. The van der Waals surface area contributed by atoms with E-state index in [2.05, 4.69) is 13.8 Å². The van der Waals surface area contributed by atoms with Crippen molar-refractivity contribution in [3.05, 3.63) is 23.7 Å².